The number of nitrogens with one attached hydrogen (secondary N) is 1. The van der Waals surface area contributed by atoms with Crippen molar-refractivity contribution in [1.29, 1.82) is 0 Å². The molecule has 142 valence electrons. The zero-order chi connectivity index (χ0) is 18.7. The number of benzene rings is 1. The molecule has 1 N–H and O–H groups in total. The van der Waals surface area contributed by atoms with Crippen LogP contribution in [0.4, 0.5) is 5.69 Å². The molecule has 0 spiro atoms. The fraction of sp³-hybridized carbons (Fsp3) is 0.471. The lowest BCUT2D eigenvalue weighted by molar-refractivity contribution is 0.112. The maximum absolute atomic E-state index is 11.4. The number of ether oxygens (including phenoxy) is 1. The van der Waals surface area contributed by atoms with Gasteiger partial charge in [-0.05, 0) is 24.1 Å². The van der Waals surface area contributed by atoms with Gasteiger partial charge in [-0.15, -0.1) is 0 Å². The highest BCUT2D eigenvalue weighted by Crippen LogP contribution is 2.30. The predicted molar refractivity (Wildman–Crippen MR) is 102 cm³/mol. The smallest absolute Gasteiger partial charge is 0.229 e. The number of anilines is 1. The molecule has 1 saturated heterocycles. The maximum atomic E-state index is 11.4. The molecule has 26 heavy (non-hydrogen) atoms. The van der Waals surface area contributed by atoms with Crippen molar-refractivity contribution in [2.75, 3.05) is 31.2 Å². The molecule has 0 saturated carbocycles. The van der Waals surface area contributed by atoms with Gasteiger partial charge in [0.1, 0.15) is 0 Å². The minimum absolute atomic E-state index is 0.157. The monoisotopic (exact) mass is 398 g/mol. The molecule has 2 aromatic rings. The first kappa shape index (κ1) is 19.2. The molecule has 0 amide bonds. The molecule has 0 unspecified atom stereocenters. The lowest BCUT2D eigenvalue weighted by Gasteiger charge is -2.23. The van der Waals surface area contributed by atoms with E-state index in [9.17, 15) is 8.42 Å². The summed E-state index contributed by atoms with van der Waals surface area (Å²) in [6.45, 7) is 2.22. The van der Waals surface area contributed by atoms with E-state index in [1.807, 2.05) is 22.9 Å². The highest BCUT2D eigenvalue weighted by atomic mass is 35.5. The van der Waals surface area contributed by atoms with Crippen LogP contribution in [0.5, 0.6) is 0 Å². The highest BCUT2D eigenvalue weighted by molar-refractivity contribution is 7.92. The van der Waals surface area contributed by atoms with Gasteiger partial charge in [-0.3, -0.25) is 14.3 Å². The summed E-state index contributed by atoms with van der Waals surface area (Å²) in [5.41, 5.74) is 1.63. The van der Waals surface area contributed by atoms with Gasteiger partial charge in [-0.2, -0.15) is 5.10 Å². The number of nitrogens with zero attached hydrogens (tertiary/aromatic N) is 3. The standard InChI is InChI=1S/C17H23ClN4O3S/c1-25-12-17-7-16(22-10-15(8-19-22)20-26(2,23)24)11-21(17)9-13-4-3-5-14(18)6-13/h3-6,8,10,16-17,20H,7,9,11-12H2,1-2H3/t16-,17-/m0/s1. The quantitative estimate of drug-likeness (QED) is 0.774. The first-order valence-corrected chi connectivity index (χ1v) is 10.6. The third-order valence-electron chi connectivity index (χ3n) is 4.42. The van der Waals surface area contributed by atoms with E-state index in [4.69, 9.17) is 16.3 Å². The minimum Gasteiger partial charge on any atom is -0.383 e. The van der Waals surface area contributed by atoms with Crippen molar-refractivity contribution in [2.45, 2.75) is 25.0 Å². The van der Waals surface area contributed by atoms with Gasteiger partial charge in [0.2, 0.25) is 10.0 Å². The summed E-state index contributed by atoms with van der Waals surface area (Å²) in [5.74, 6) is 0. The summed E-state index contributed by atoms with van der Waals surface area (Å²) < 4.78 is 32.4. The molecule has 1 aliphatic rings. The Morgan fingerprint density at radius 1 is 1.42 bits per heavy atom. The second kappa shape index (κ2) is 7.96. The van der Waals surface area contributed by atoms with E-state index >= 15 is 0 Å². The number of hydrogen-bond acceptors (Lipinski definition) is 5. The van der Waals surface area contributed by atoms with Gasteiger partial charge in [0, 0.05) is 37.5 Å². The molecular formula is C17H23ClN4O3S. The van der Waals surface area contributed by atoms with Gasteiger partial charge in [-0.1, -0.05) is 23.7 Å². The molecule has 1 aromatic carbocycles. The van der Waals surface area contributed by atoms with E-state index < -0.39 is 10.0 Å². The van der Waals surface area contributed by atoms with Crippen LogP contribution >= 0.6 is 11.6 Å². The van der Waals surface area contributed by atoms with E-state index in [1.54, 1.807) is 13.3 Å². The normalized spacial score (nSPS) is 21.2. The Bertz CT molecular complexity index is 855. The van der Waals surface area contributed by atoms with E-state index in [2.05, 4.69) is 20.8 Å². The van der Waals surface area contributed by atoms with Crippen LogP contribution in [-0.2, 0) is 21.3 Å². The average Bonchev–Trinajstić information content (AvgIpc) is 3.14. The Hall–Kier alpha value is -1.61. The second-order valence-electron chi connectivity index (χ2n) is 6.64. The predicted octanol–water partition coefficient (Wildman–Crippen LogP) is 2.37. The van der Waals surface area contributed by atoms with Crippen molar-refractivity contribution in [3.05, 3.63) is 47.2 Å². The molecular weight excluding hydrogens is 376 g/mol. The number of likely N-dealkylation sites (tertiary alicyclic amines) is 1. The fourth-order valence-electron chi connectivity index (χ4n) is 3.38. The molecule has 2 atom stereocenters. The molecule has 0 bridgehead atoms. The number of methoxy groups -OCH3 is 1. The third-order valence-corrected chi connectivity index (χ3v) is 5.26. The van der Waals surface area contributed by atoms with Crippen LogP contribution in [0.25, 0.3) is 0 Å². The van der Waals surface area contributed by atoms with Crippen molar-refractivity contribution >= 4 is 27.3 Å². The Balaban J connectivity index is 1.72. The number of rotatable bonds is 7. The molecule has 1 aliphatic heterocycles. The summed E-state index contributed by atoms with van der Waals surface area (Å²) >= 11 is 6.09. The second-order valence-corrected chi connectivity index (χ2v) is 8.83. The lowest BCUT2D eigenvalue weighted by Crippen LogP contribution is -2.32. The first-order valence-electron chi connectivity index (χ1n) is 8.33. The Morgan fingerprint density at radius 2 is 2.23 bits per heavy atom. The van der Waals surface area contributed by atoms with Gasteiger partial charge in [0.25, 0.3) is 0 Å². The molecule has 0 aliphatic carbocycles. The van der Waals surface area contributed by atoms with E-state index in [0.717, 1.165) is 36.4 Å². The molecule has 0 radical (unpaired) electrons. The maximum Gasteiger partial charge on any atom is 0.229 e. The molecule has 9 heteroatoms. The summed E-state index contributed by atoms with van der Waals surface area (Å²) in [7, 11) is -1.61. The van der Waals surface area contributed by atoms with E-state index in [1.165, 1.54) is 6.20 Å². The van der Waals surface area contributed by atoms with Crippen LogP contribution in [0.3, 0.4) is 0 Å². The molecule has 1 aromatic heterocycles. The molecule has 1 fully saturated rings. The van der Waals surface area contributed by atoms with Gasteiger partial charge >= 0.3 is 0 Å². The van der Waals surface area contributed by atoms with Crippen LogP contribution in [0.2, 0.25) is 5.02 Å². The third kappa shape index (κ3) is 4.97. The zero-order valence-corrected chi connectivity index (χ0v) is 16.4. The summed E-state index contributed by atoms with van der Waals surface area (Å²) in [6, 6.07) is 8.27. The SMILES string of the molecule is COC[C@@H]1C[C@H](n2cc(NS(C)(=O)=O)cn2)CN1Cc1cccc(Cl)c1. The van der Waals surface area contributed by atoms with Gasteiger partial charge in [0.15, 0.2) is 0 Å². The van der Waals surface area contributed by atoms with E-state index in [0.29, 0.717) is 12.3 Å². The highest BCUT2D eigenvalue weighted by Gasteiger charge is 2.33. The first-order chi connectivity index (χ1) is 12.3. The van der Waals surface area contributed by atoms with Crippen molar-refractivity contribution < 1.29 is 13.2 Å². The van der Waals surface area contributed by atoms with Crippen molar-refractivity contribution in [1.82, 2.24) is 14.7 Å². The van der Waals surface area contributed by atoms with Gasteiger partial charge < -0.3 is 4.74 Å². The summed E-state index contributed by atoms with van der Waals surface area (Å²) in [4.78, 5) is 2.35. The topological polar surface area (TPSA) is 76.5 Å². The van der Waals surface area contributed by atoms with Gasteiger partial charge in [0.05, 0.1) is 30.8 Å². The lowest BCUT2D eigenvalue weighted by atomic mass is 10.1. The Kier molecular flexibility index (Phi) is 5.86. The van der Waals surface area contributed by atoms with Crippen LogP contribution < -0.4 is 4.72 Å². The number of sulfonamides is 1. The fourth-order valence-corrected chi connectivity index (χ4v) is 4.13. The molecule has 7 nitrogen and oxygen atoms in total. The van der Waals surface area contributed by atoms with Gasteiger partial charge in [-0.25, -0.2) is 8.42 Å². The minimum atomic E-state index is -3.31. The number of hydrogen-bond donors (Lipinski definition) is 1. The van der Waals surface area contributed by atoms with E-state index in [-0.39, 0.29) is 12.1 Å². The summed E-state index contributed by atoms with van der Waals surface area (Å²) in [5, 5.41) is 5.06. The van der Waals surface area contributed by atoms with Crippen LogP contribution in [0.15, 0.2) is 36.7 Å². The summed E-state index contributed by atoms with van der Waals surface area (Å²) in [6.07, 6.45) is 5.28. The van der Waals surface area contributed by atoms with Crippen LogP contribution in [0.1, 0.15) is 18.0 Å². The molecule has 2 heterocycles. The van der Waals surface area contributed by atoms with Crippen molar-refractivity contribution in [3.63, 3.8) is 0 Å². The van der Waals surface area contributed by atoms with Crippen molar-refractivity contribution in [2.24, 2.45) is 0 Å². The number of halogens is 1. The van der Waals surface area contributed by atoms with Crippen molar-refractivity contribution in [3.8, 4) is 0 Å². The van der Waals surface area contributed by atoms with Crippen LogP contribution in [-0.4, -0.2) is 55.7 Å². The molecule has 3 rings (SSSR count). The number of aromatic nitrogens is 2. The average molecular weight is 399 g/mol. The zero-order valence-electron chi connectivity index (χ0n) is 14.8. The Morgan fingerprint density at radius 3 is 2.92 bits per heavy atom. The Labute approximate surface area is 158 Å². The van der Waals surface area contributed by atoms with Crippen LogP contribution in [0, 0.1) is 0 Å². The largest absolute Gasteiger partial charge is 0.383 e.